The van der Waals surface area contributed by atoms with Crippen LogP contribution >= 0.6 is 11.3 Å². The Morgan fingerprint density at radius 1 is 1.19 bits per heavy atom. The predicted molar refractivity (Wildman–Crippen MR) is 111 cm³/mol. The lowest BCUT2D eigenvalue weighted by Gasteiger charge is -2.30. The fraction of sp³-hybridized carbons (Fsp3) is 0.500. The fourth-order valence-electron chi connectivity index (χ4n) is 3.44. The first-order valence-electron chi connectivity index (χ1n) is 9.29. The second-order valence-electron chi connectivity index (χ2n) is 7.05. The first-order valence-corrected chi connectivity index (χ1v) is 10.2. The summed E-state index contributed by atoms with van der Waals surface area (Å²) in [5, 5.41) is 10.1. The van der Waals surface area contributed by atoms with Crippen LogP contribution in [-0.2, 0) is 6.54 Å². The fourth-order valence-corrected chi connectivity index (χ4v) is 4.20. The molecule has 1 heterocycles. The van der Waals surface area contributed by atoms with E-state index in [-0.39, 0.29) is 0 Å². The Morgan fingerprint density at radius 2 is 1.92 bits per heavy atom. The Morgan fingerprint density at radius 3 is 2.54 bits per heavy atom. The largest absolute Gasteiger partial charge is 0.354 e. The van der Waals surface area contributed by atoms with Gasteiger partial charge in [0, 0.05) is 32.6 Å². The van der Waals surface area contributed by atoms with Gasteiger partial charge in [-0.3, -0.25) is 4.99 Å². The molecule has 0 saturated heterocycles. The molecular formula is C20H29N5S. The van der Waals surface area contributed by atoms with E-state index in [9.17, 15) is 0 Å². The van der Waals surface area contributed by atoms with Crippen LogP contribution < -0.4 is 15.5 Å². The maximum Gasteiger partial charge on any atom is 0.191 e. The van der Waals surface area contributed by atoms with Crippen LogP contribution in [0.1, 0.15) is 42.9 Å². The van der Waals surface area contributed by atoms with Crippen molar-refractivity contribution in [2.24, 2.45) is 4.99 Å². The molecule has 26 heavy (non-hydrogen) atoms. The van der Waals surface area contributed by atoms with E-state index in [1.54, 1.807) is 11.3 Å². The van der Waals surface area contributed by atoms with Crippen molar-refractivity contribution in [3.8, 4) is 0 Å². The van der Waals surface area contributed by atoms with Crippen molar-refractivity contribution >= 4 is 22.4 Å². The number of nitrogens with zero attached hydrogens (tertiary/aromatic N) is 3. The van der Waals surface area contributed by atoms with E-state index in [0.29, 0.717) is 18.5 Å². The first-order chi connectivity index (χ1) is 12.7. The van der Waals surface area contributed by atoms with Crippen molar-refractivity contribution in [3.05, 3.63) is 47.0 Å². The molecule has 6 heteroatoms. The van der Waals surface area contributed by atoms with Gasteiger partial charge in [-0.15, -0.1) is 11.3 Å². The Kier molecular flexibility index (Phi) is 6.50. The van der Waals surface area contributed by atoms with Crippen LogP contribution in [0.2, 0.25) is 0 Å². The summed E-state index contributed by atoms with van der Waals surface area (Å²) in [6.45, 7) is 0.698. The number of anilines is 1. The van der Waals surface area contributed by atoms with Crippen LogP contribution in [0.5, 0.6) is 0 Å². The van der Waals surface area contributed by atoms with Crippen molar-refractivity contribution < 1.29 is 0 Å². The summed E-state index contributed by atoms with van der Waals surface area (Å²) in [4.78, 5) is 11.0. The predicted octanol–water partition coefficient (Wildman–Crippen LogP) is 3.60. The molecule has 1 aromatic carbocycles. The number of rotatable bonds is 5. The molecule has 0 unspecified atom stereocenters. The van der Waals surface area contributed by atoms with Gasteiger partial charge >= 0.3 is 0 Å². The lowest BCUT2D eigenvalue weighted by molar-refractivity contribution is 0.371. The number of guanidine groups is 1. The zero-order valence-electron chi connectivity index (χ0n) is 15.9. The number of benzene rings is 1. The van der Waals surface area contributed by atoms with Gasteiger partial charge in [0.05, 0.1) is 12.2 Å². The summed E-state index contributed by atoms with van der Waals surface area (Å²) >= 11 is 1.67. The number of nitrogens with one attached hydrogen (secondary N) is 2. The molecule has 0 bridgehead atoms. The molecule has 1 saturated carbocycles. The van der Waals surface area contributed by atoms with E-state index < -0.39 is 0 Å². The van der Waals surface area contributed by atoms with Crippen LogP contribution in [0.4, 0.5) is 5.13 Å². The summed E-state index contributed by atoms with van der Waals surface area (Å²) in [6, 6.07) is 11.4. The average molecular weight is 372 g/mol. The molecule has 2 N–H and O–H groups in total. The van der Waals surface area contributed by atoms with Gasteiger partial charge in [-0.2, -0.15) is 0 Å². The molecule has 0 spiro atoms. The zero-order valence-corrected chi connectivity index (χ0v) is 16.7. The smallest absolute Gasteiger partial charge is 0.191 e. The minimum Gasteiger partial charge on any atom is -0.354 e. The molecule has 0 amide bonds. The first kappa shape index (κ1) is 18.7. The topological polar surface area (TPSA) is 52.6 Å². The quantitative estimate of drug-likeness (QED) is 0.623. The average Bonchev–Trinajstić information content (AvgIpc) is 3.16. The minimum absolute atomic E-state index is 0.494. The maximum absolute atomic E-state index is 4.61. The lowest BCUT2D eigenvalue weighted by atomic mass is 9.82. The third-order valence-corrected chi connectivity index (χ3v) is 5.98. The molecule has 1 aromatic heterocycles. The van der Waals surface area contributed by atoms with Gasteiger partial charge in [0.1, 0.15) is 0 Å². The van der Waals surface area contributed by atoms with Crippen LogP contribution in [0.25, 0.3) is 0 Å². The summed E-state index contributed by atoms with van der Waals surface area (Å²) in [6.07, 6.45) is 4.83. The van der Waals surface area contributed by atoms with Crippen molar-refractivity contribution in [2.75, 3.05) is 26.0 Å². The lowest BCUT2D eigenvalue weighted by Crippen LogP contribution is -2.44. The number of hydrogen-bond acceptors (Lipinski definition) is 4. The molecule has 3 rings (SSSR count). The van der Waals surface area contributed by atoms with E-state index in [0.717, 1.165) is 16.8 Å². The summed E-state index contributed by atoms with van der Waals surface area (Å²) < 4.78 is 0. The monoisotopic (exact) mass is 371 g/mol. The minimum atomic E-state index is 0.494. The second kappa shape index (κ2) is 9.03. The molecule has 0 radical (unpaired) electrons. The highest BCUT2D eigenvalue weighted by molar-refractivity contribution is 7.13. The van der Waals surface area contributed by atoms with Crippen LogP contribution in [0, 0.1) is 0 Å². The summed E-state index contributed by atoms with van der Waals surface area (Å²) in [7, 11) is 5.86. The number of aliphatic imine (C=N–C) groups is 1. The van der Waals surface area contributed by atoms with Gasteiger partial charge in [0.15, 0.2) is 11.1 Å². The van der Waals surface area contributed by atoms with Crippen molar-refractivity contribution in [3.63, 3.8) is 0 Å². The third kappa shape index (κ3) is 4.97. The van der Waals surface area contributed by atoms with Crippen LogP contribution in [0.3, 0.4) is 0 Å². The van der Waals surface area contributed by atoms with Gasteiger partial charge in [0.2, 0.25) is 0 Å². The molecule has 0 aliphatic heterocycles. The van der Waals surface area contributed by atoms with Crippen molar-refractivity contribution in [1.29, 1.82) is 0 Å². The SMILES string of the molecule is CN=C(NCc1csc(N(C)C)n1)NC1CCC(c2ccccc2)CC1. The molecule has 1 fully saturated rings. The molecule has 5 nitrogen and oxygen atoms in total. The van der Waals surface area contributed by atoms with E-state index in [1.165, 1.54) is 31.2 Å². The Labute approximate surface area is 160 Å². The maximum atomic E-state index is 4.61. The summed E-state index contributed by atoms with van der Waals surface area (Å²) in [5.74, 6) is 1.57. The number of aromatic nitrogens is 1. The molecule has 140 valence electrons. The highest BCUT2D eigenvalue weighted by atomic mass is 32.1. The molecule has 1 aliphatic carbocycles. The molecule has 0 atom stereocenters. The molecule has 1 aliphatic rings. The van der Waals surface area contributed by atoms with E-state index in [2.05, 4.69) is 56.3 Å². The highest BCUT2D eigenvalue weighted by Gasteiger charge is 2.22. The second-order valence-corrected chi connectivity index (χ2v) is 7.88. The van der Waals surface area contributed by atoms with E-state index in [1.807, 2.05) is 26.0 Å². The van der Waals surface area contributed by atoms with Gasteiger partial charge in [-0.05, 0) is 37.2 Å². The zero-order chi connectivity index (χ0) is 18.4. The number of hydrogen-bond donors (Lipinski definition) is 2. The summed E-state index contributed by atoms with van der Waals surface area (Å²) in [5.41, 5.74) is 2.53. The van der Waals surface area contributed by atoms with Crippen molar-refractivity contribution in [1.82, 2.24) is 15.6 Å². The normalized spacial score (nSPS) is 20.7. The van der Waals surface area contributed by atoms with Gasteiger partial charge in [-0.1, -0.05) is 30.3 Å². The van der Waals surface area contributed by atoms with Crippen molar-refractivity contribution in [2.45, 2.75) is 44.2 Å². The van der Waals surface area contributed by atoms with Crippen LogP contribution in [-0.4, -0.2) is 38.1 Å². The standard InChI is InChI=1S/C20H29N5S/c1-21-19(22-13-18-14-26-20(24-18)25(2)3)23-17-11-9-16(10-12-17)15-7-5-4-6-8-15/h4-8,14,16-17H,9-13H2,1-3H3,(H2,21,22,23). The Hall–Kier alpha value is -2.08. The number of thiazole rings is 1. The Balaban J connectivity index is 1.45. The van der Waals surface area contributed by atoms with Gasteiger partial charge in [0.25, 0.3) is 0 Å². The molecular weight excluding hydrogens is 342 g/mol. The Bertz CT molecular complexity index is 702. The van der Waals surface area contributed by atoms with Gasteiger partial charge in [-0.25, -0.2) is 4.98 Å². The van der Waals surface area contributed by atoms with Gasteiger partial charge < -0.3 is 15.5 Å². The highest BCUT2D eigenvalue weighted by Crippen LogP contribution is 2.32. The molecule has 2 aromatic rings. The van der Waals surface area contributed by atoms with E-state index >= 15 is 0 Å². The van der Waals surface area contributed by atoms with Crippen LogP contribution in [0.15, 0.2) is 40.7 Å². The third-order valence-electron chi connectivity index (χ3n) is 4.92. The van der Waals surface area contributed by atoms with E-state index in [4.69, 9.17) is 0 Å².